The van der Waals surface area contributed by atoms with Crippen LogP contribution in [0.3, 0.4) is 0 Å². The molecule has 0 spiro atoms. The molecular weight excluding hydrogens is 210 g/mol. The normalized spacial score (nSPS) is 29.4. The molecule has 2 nitrogen and oxygen atoms in total. The zero-order valence-electron chi connectivity index (χ0n) is 11.1. The Kier molecular flexibility index (Phi) is 4.66. The molecule has 1 aliphatic carbocycles. The molecule has 1 fully saturated rings. The summed E-state index contributed by atoms with van der Waals surface area (Å²) in [5, 5.41) is 3.51. The summed E-state index contributed by atoms with van der Waals surface area (Å²) in [6.07, 6.45) is 9.19. The van der Waals surface area contributed by atoms with E-state index in [1.54, 1.807) is 0 Å². The summed E-state index contributed by atoms with van der Waals surface area (Å²) < 4.78 is 5.27. The van der Waals surface area contributed by atoms with Crippen LogP contribution in [0.2, 0.25) is 0 Å². The maximum Gasteiger partial charge on any atom is 0.0937 e. The molecule has 0 bridgehead atoms. The minimum Gasteiger partial charge on any atom is -0.472 e. The molecule has 0 radical (unpaired) electrons. The van der Waals surface area contributed by atoms with Gasteiger partial charge in [0, 0.05) is 0 Å². The van der Waals surface area contributed by atoms with Crippen molar-refractivity contribution in [1.29, 1.82) is 0 Å². The maximum atomic E-state index is 5.27. The second-order valence-corrected chi connectivity index (χ2v) is 5.32. The highest BCUT2D eigenvalue weighted by Crippen LogP contribution is 2.41. The Morgan fingerprint density at radius 2 is 2.24 bits per heavy atom. The van der Waals surface area contributed by atoms with Crippen LogP contribution in [0.25, 0.3) is 0 Å². The summed E-state index contributed by atoms with van der Waals surface area (Å²) in [7, 11) is 0. The van der Waals surface area contributed by atoms with E-state index in [2.05, 4.69) is 25.2 Å². The Balaban J connectivity index is 2.04. The van der Waals surface area contributed by atoms with E-state index in [0.29, 0.717) is 5.92 Å². The minimum atomic E-state index is 0.700. The van der Waals surface area contributed by atoms with Crippen LogP contribution in [0, 0.1) is 11.8 Å². The van der Waals surface area contributed by atoms with Crippen LogP contribution in [0.5, 0.6) is 0 Å². The Hall–Kier alpha value is -0.760. The first kappa shape index (κ1) is 12.7. The summed E-state index contributed by atoms with van der Waals surface area (Å²) in [4.78, 5) is 0. The molecule has 0 aliphatic heterocycles. The molecule has 3 unspecified atom stereocenters. The molecule has 1 aliphatic rings. The smallest absolute Gasteiger partial charge is 0.0937 e. The topological polar surface area (TPSA) is 25.2 Å². The Morgan fingerprint density at radius 3 is 2.88 bits per heavy atom. The average Bonchev–Trinajstić information content (AvgIpc) is 2.90. The van der Waals surface area contributed by atoms with Gasteiger partial charge in [0.2, 0.25) is 0 Å². The third kappa shape index (κ3) is 3.12. The zero-order chi connectivity index (χ0) is 12.1. The first-order valence-electron chi connectivity index (χ1n) is 7.07. The monoisotopic (exact) mass is 235 g/mol. The number of nitrogens with one attached hydrogen (secondary N) is 1. The fraction of sp³-hybridized carbons (Fsp3) is 0.733. The van der Waals surface area contributed by atoms with Gasteiger partial charge in [0.05, 0.1) is 12.5 Å². The highest BCUT2D eigenvalue weighted by atomic mass is 16.3. The lowest BCUT2D eigenvalue weighted by molar-refractivity contribution is 0.226. The Labute approximate surface area is 105 Å². The molecule has 1 N–H and O–H groups in total. The first-order chi connectivity index (χ1) is 8.35. The van der Waals surface area contributed by atoms with Crippen molar-refractivity contribution in [3.8, 4) is 0 Å². The molecule has 2 rings (SSSR count). The fourth-order valence-electron chi connectivity index (χ4n) is 3.16. The molecule has 2 heteroatoms. The predicted octanol–water partition coefficient (Wildman–Crippen LogP) is 3.80. The van der Waals surface area contributed by atoms with E-state index >= 15 is 0 Å². The number of rotatable bonds is 5. The second kappa shape index (κ2) is 6.25. The first-order valence-corrected chi connectivity index (χ1v) is 7.07. The summed E-state index contributed by atoms with van der Waals surface area (Å²) in [6, 6.07) is 2.15. The van der Waals surface area contributed by atoms with Crippen molar-refractivity contribution in [2.45, 2.75) is 45.4 Å². The van der Waals surface area contributed by atoms with Gasteiger partial charge in [-0.3, -0.25) is 0 Å². The van der Waals surface area contributed by atoms with E-state index in [-0.39, 0.29) is 0 Å². The van der Waals surface area contributed by atoms with E-state index in [0.717, 1.165) is 24.9 Å². The third-order valence-electron chi connectivity index (χ3n) is 4.31. The standard InChI is InChI=1S/C15H25NO/c1-3-12-5-6-13(10-16-4-2)15(9-12)14-7-8-17-11-14/h7-8,11-13,15-16H,3-6,9-10H2,1-2H3. The number of hydrogen-bond donors (Lipinski definition) is 1. The Bertz CT molecular complexity index is 307. The van der Waals surface area contributed by atoms with Crippen LogP contribution in [-0.4, -0.2) is 13.1 Å². The fourth-order valence-corrected chi connectivity index (χ4v) is 3.16. The molecule has 17 heavy (non-hydrogen) atoms. The highest BCUT2D eigenvalue weighted by molar-refractivity contribution is 5.15. The van der Waals surface area contributed by atoms with Crippen LogP contribution in [0.4, 0.5) is 0 Å². The van der Waals surface area contributed by atoms with E-state index in [9.17, 15) is 0 Å². The van der Waals surface area contributed by atoms with Gasteiger partial charge in [-0.1, -0.05) is 26.7 Å². The van der Waals surface area contributed by atoms with Crippen molar-refractivity contribution in [2.24, 2.45) is 11.8 Å². The minimum absolute atomic E-state index is 0.700. The lowest BCUT2D eigenvalue weighted by Crippen LogP contribution is -2.31. The second-order valence-electron chi connectivity index (χ2n) is 5.32. The van der Waals surface area contributed by atoms with E-state index in [1.165, 1.54) is 31.2 Å². The van der Waals surface area contributed by atoms with Crippen molar-refractivity contribution in [3.05, 3.63) is 24.2 Å². The van der Waals surface area contributed by atoms with Crippen LogP contribution in [0.15, 0.2) is 23.0 Å². The predicted molar refractivity (Wildman–Crippen MR) is 71.1 cm³/mol. The summed E-state index contributed by atoms with van der Waals surface area (Å²) in [5.74, 6) is 2.40. The highest BCUT2D eigenvalue weighted by Gasteiger charge is 2.30. The molecule has 0 saturated heterocycles. The van der Waals surface area contributed by atoms with Crippen LogP contribution in [0.1, 0.15) is 51.0 Å². The molecule has 0 aromatic carbocycles. The molecule has 1 heterocycles. The van der Waals surface area contributed by atoms with Gasteiger partial charge in [-0.2, -0.15) is 0 Å². The van der Waals surface area contributed by atoms with Crippen molar-refractivity contribution < 1.29 is 4.42 Å². The van der Waals surface area contributed by atoms with Crippen LogP contribution < -0.4 is 5.32 Å². The zero-order valence-corrected chi connectivity index (χ0v) is 11.1. The third-order valence-corrected chi connectivity index (χ3v) is 4.31. The molecule has 1 aromatic rings. The molecule has 1 aromatic heterocycles. The Morgan fingerprint density at radius 1 is 1.35 bits per heavy atom. The summed E-state index contributed by atoms with van der Waals surface area (Å²) in [5.41, 5.74) is 1.41. The van der Waals surface area contributed by atoms with E-state index in [1.807, 2.05) is 12.5 Å². The maximum absolute atomic E-state index is 5.27. The largest absolute Gasteiger partial charge is 0.472 e. The van der Waals surface area contributed by atoms with Gasteiger partial charge in [0.25, 0.3) is 0 Å². The van der Waals surface area contributed by atoms with Crippen molar-refractivity contribution in [2.75, 3.05) is 13.1 Å². The molecule has 1 saturated carbocycles. The van der Waals surface area contributed by atoms with Crippen molar-refractivity contribution in [1.82, 2.24) is 5.32 Å². The van der Waals surface area contributed by atoms with Gasteiger partial charge in [0.15, 0.2) is 0 Å². The summed E-state index contributed by atoms with van der Waals surface area (Å²) >= 11 is 0. The number of hydrogen-bond acceptors (Lipinski definition) is 2. The molecule has 96 valence electrons. The van der Waals surface area contributed by atoms with Crippen molar-refractivity contribution in [3.63, 3.8) is 0 Å². The van der Waals surface area contributed by atoms with Crippen LogP contribution >= 0.6 is 0 Å². The van der Waals surface area contributed by atoms with Gasteiger partial charge in [-0.25, -0.2) is 0 Å². The van der Waals surface area contributed by atoms with Crippen molar-refractivity contribution >= 4 is 0 Å². The quantitative estimate of drug-likeness (QED) is 0.839. The van der Waals surface area contributed by atoms with Gasteiger partial charge in [0.1, 0.15) is 0 Å². The van der Waals surface area contributed by atoms with Gasteiger partial charge < -0.3 is 9.73 Å². The molecule has 0 amide bonds. The van der Waals surface area contributed by atoms with E-state index in [4.69, 9.17) is 4.42 Å². The van der Waals surface area contributed by atoms with Crippen LogP contribution in [-0.2, 0) is 0 Å². The molecule has 3 atom stereocenters. The lowest BCUT2D eigenvalue weighted by atomic mass is 9.71. The molecular formula is C15H25NO. The van der Waals surface area contributed by atoms with Gasteiger partial charge in [-0.15, -0.1) is 0 Å². The average molecular weight is 235 g/mol. The van der Waals surface area contributed by atoms with Gasteiger partial charge in [-0.05, 0) is 55.3 Å². The number of furan rings is 1. The van der Waals surface area contributed by atoms with Gasteiger partial charge >= 0.3 is 0 Å². The summed E-state index contributed by atoms with van der Waals surface area (Å²) in [6.45, 7) is 6.74. The SMILES string of the molecule is CCNCC1CCC(CC)CC1c1ccoc1. The lowest BCUT2D eigenvalue weighted by Gasteiger charge is -2.35. The van der Waals surface area contributed by atoms with E-state index < -0.39 is 0 Å².